The van der Waals surface area contributed by atoms with Crippen LogP contribution in [-0.4, -0.2) is 43.2 Å². The second-order valence-electron chi connectivity index (χ2n) is 10.0. The van der Waals surface area contributed by atoms with Crippen molar-refractivity contribution in [3.8, 4) is 6.07 Å². The van der Waals surface area contributed by atoms with Gasteiger partial charge in [-0.05, 0) is 70.7 Å². The topological polar surface area (TPSA) is 96.1 Å². The lowest BCUT2D eigenvalue weighted by atomic mass is 9.97. The second kappa shape index (κ2) is 8.48. The lowest BCUT2D eigenvalue weighted by Crippen LogP contribution is -2.48. The molecular weight excluding hydrogens is 452 g/mol. The van der Waals surface area contributed by atoms with Crippen molar-refractivity contribution in [2.24, 2.45) is 0 Å². The lowest BCUT2D eigenvalue weighted by Gasteiger charge is -2.40. The van der Waals surface area contributed by atoms with E-state index in [4.69, 9.17) is 21.6 Å². The number of nitriles is 1. The van der Waals surface area contributed by atoms with E-state index in [1.807, 2.05) is 31.7 Å². The average Bonchev–Trinajstić information content (AvgIpc) is 3.33. The third kappa shape index (κ3) is 4.16. The van der Waals surface area contributed by atoms with Crippen LogP contribution >= 0.6 is 11.6 Å². The van der Waals surface area contributed by atoms with Crippen LogP contribution in [0.2, 0.25) is 5.02 Å². The Morgan fingerprint density at radius 3 is 2.56 bits per heavy atom. The van der Waals surface area contributed by atoms with Gasteiger partial charge in [0.1, 0.15) is 23.4 Å². The van der Waals surface area contributed by atoms with Gasteiger partial charge < -0.3 is 19.5 Å². The second-order valence-corrected chi connectivity index (χ2v) is 10.4. The maximum atomic E-state index is 12.8. The number of hydrogen-bond donors (Lipinski definition) is 1. The molecule has 176 valence electrons. The van der Waals surface area contributed by atoms with Crippen molar-refractivity contribution >= 4 is 40.2 Å². The normalized spacial score (nSPS) is 22.0. The first kappa shape index (κ1) is 22.5. The molecule has 1 amide bonds. The Kier molecular flexibility index (Phi) is 5.61. The summed E-state index contributed by atoms with van der Waals surface area (Å²) in [4.78, 5) is 23.8. The number of nitrogens with one attached hydrogen (secondary N) is 1. The zero-order chi connectivity index (χ0) is 24.0. The molecule has 1 N–H and O–H groups in total. The molecule has 1 aromatic carbocycles. The molecule has 8 nitrogen and oxygen atoms in total. The first-order chi connectivity index (χ1) is 16.2. The van der Waals surface area contributed by atoms with E-state index in [0.717, 1.165) is 36.7 Å². The smallest absolute Gasteiger partial charge is 0.410 e. The zero-order valence-electron chi connectivity index (χ0n) is 19.5. The molecule has 2 fully saturated rings. The summed E-state index contributed by atoms with van der Waals surface area (Å²) in [6, 6.07) is 9.81. The number of ether oxygens (including phenoxy) is 1. The van der Waals surface area contributed by atoms with E-state index in [1.165, 1.54) is 0 Å². The van der Waals surface area contributed by atoms with Gasteiger partial charge in [-0.3, -0.25) is 0 Å². The molecule has 34 heavy (non-hydrogen) atoms. The standard InChI is InChI=1S/C25H27ClN6O2/c1-25(2,3)34-24(33)32-16-5-6-17(32)12-18(11-16)31-9-8-19-22(28-14-29-23(19)31)30-21-7-4-15(13-27)10-20(21)26/h4,7-10,14,16-18H,5-6,11-12H2,1-3H3,(H,28,29,30). The minimum atomic E-state index is -0.498. The molecule has 0 saturated carbocycles. The van der Waals surface area contributed by atoms with Crippen molar-refractivity contribution in [1.29, 1.82) is 5.26 Å². The van der Waals surface area contributed by atoms with E-state index in [-0.39, 0.29) is 24.2 Å². The molecule has 2 aliphatic rings. The molecule has 0 aliphatic carbocycles. The summed E-state index contributed by atoms with van der Waals surface area (Å²) in [5.74, 6) is 0.657. The number of hydrogen-bond acceptors (Lipinski definition) is 6. The monoisotopic (exact) mass is 478 g/mol. The summed E-state index contributed by atoms with van der Waals surface area (Å²) >= 11 is 6.35. The van der Waals surface area contributed by atoms with Gasteiger partial charge in [-0.25, -0.2) is 14.8 Å². The van der Waals surface area contributed by atoms with Gasteiger partial charge >= 0.3 is 6.09 Å². The number of carbonyl (C=O) groups excluding carboxylic acids is 1. The third-order valence-corrected chi connectivity index (χ3v) is 6.88. The van der Waals surface area contributed by atoms with Gasteiger partial charge in [-0.1, -0.05) is 11.6 Å². The highest BCUT2D eigenvalue weighted by Crippen LogP contribution is 2.43. The Bertz CT molecular complexity index is 1280. The molecule has 4 heterocycles. The number of aromatic nitrogens is 3. The van der Waals surface area contributed by atoms with E-state index in [1.54, 1.807) is 24.5 Å². The quantitative estimate of drug-likeness (QED) is 0.510. The average molecular weight is 479 g/mol. The van der Waals surface area contributed by atoms with Crippen molar-refractivity contribution in [3.05, 3.63) is 47.4 Å². The van der Waals surface area contributed by atoms with E-state index in [9.17, 15) is 4.79 Å². The zero-order valence-corrected chi connectivity index (χ0v) is 20.2. The summed E-state index contributed by atoms with van der Waals surface area (Å²) in [5.41, 5.74) is 1.53. The Morgan fingerprint density at radius 2 is 1.91 bits per heavy atom. The molecule has 2 atom stereocenters. The van der Waals surface area contributed by atoms with E-state index in [2.05, 4.69) is 32.1 Å². The van der Waals surface area contributed by atoms with Gasteiger partial charge in [-0.15, -0.1) is 0 Å². The van der Waals surface area contributed by atoms with Crippen molar-refractivity contribution in [2.75, 3.05) is 5.32 Å². The number of fused-ring (bicyclic) bond motifs is 3. The molecule has 9 heteroatoms. The number of rotatable bonds is 3. The number of anilines is 2. The number of benzene rings is 1. The third-order valence-electron chi connectivity index (χ3n) is 6.57. The minimum Gasteiger partial charge on any atom is -0.444 e. The predicted octanol–water partition coefficient (Wildman–Crippen LogP) is 5.80. The highest BCUT2D eigenvalue weighted by atomic mass is 35.5. The van der Waals surface area contributed by atoms with Crippen molar-refractivity contribution < 1.29 is 9.53 Å². The lowest BCUT2D eigenvalue weighted by molar-refractivity contribution is 0.00314. The fourth-order valence-corrected chi connectivity index (χ4v) is 5.39. The fraction of sp³-hybridized carbons (Fsp3) is 0.440. The van der Waals surface area contributed by atoms with Crippen LogP contribution < -0.4 is 5.32 Å². The Morgan fingerprint density at radius 1 is 1.18 bits per heavy atom. The van der Waals surface area contributed by atoms with E-state index < -0.39 is 5.60 Å². The van der Waals surface area contributed by atoms with Crippen LogP contribution in [0.25, 0.3) is 11.0 Å². The Balaban J connectivity index is 1.38. The maximum Gasteiger partial charge on any atom is 0.410 e. The van der Waals surface area contributed by atoms with Gasteiger partial charge in [0, 0.05) is 24.3 Å². The first-order valence-electron chi connectivity index (χ1n) is 11.5. The molecule has 2 bridgehead atoms. The van der Waals surface area contributed by atoms with Crippen molar-refractivity contribution in [1.82, 2.24) is 19.4 Å². The number of nitrogens with zero attached hydrogens (tertiary/aromatic N) is 5. The van der Waals surface area contributed by atoms with E-state index >= 15 is 0 Å². The summed E-state index contributed by atoms with van der Waals surface area (Å²) < 4.78 is 7.88. The highest BCUT2D eigenvalue weighted by Gasteiger charge is 2.45. The number of halogens is 1. The summed E-state index contributed by atoms with van der Waals surface area (Å²) in [6.45, 7) is 5.71. The minimum absolute atomic E-state index is 0.174. The van der Waals surface area contributed by atoms with E-state index in [0.29, 0.717) is 22.1 Å². The van der Waals surface area contributed by atoms with Gasteiger partial charge in [0.15, 0.2) is 0 Å². The molecule has 2 aliphatic heterocycles. The van der Waals surface area contributed by atoms with Crippen LogP contribution in [0.1, 0.15) is 58.1 Å². The molecule has 2 aromatic heterocycles. The molecule has 3 aromatic rings. The number of carbonyl (C=O) groups is 1. The van der Waals surface area contributed by atoms with Crippen molar-refractivity contribution in [3.63, 3.8) is 0 Å². The fourth-order valence-electron chi connectivity index (χ4n) is 5.17. The number of amides is 1. The first-order valence-corrected chi connectivity index (χ1v) is 11.9. The largest absolute Gasteiger partial charge is 0.444 e. The van der Waals surface area contributed by atoms with Crippen LogP contribution in [0, 0.1) is 11.3 Å². The summed E-state index contributed by atoms with van der Waals surface area (Å²) in [7, 11) is 0. The molecule has 2 unspecified atom stereocenters. The summed E-state index contributed by atoms with van der Waals surface area (Å²) in [5, 5.41) is 13.7. The van der Waals surface area contributed by atoms with Gasteiger partial charge in [0.25, 0.3) is 0 Å². The highest BCUT2D eigenvalue weighted by molar-refractivity contribution is 6.33. The number of piperidine rings is 1. The molecule has 0 spiro atoms. The van der Waals surface area contributed by atoms with Crippen LogP contribution in [0.5, 0.6) is 0 Å². The predicted molar refractivity (Wildman–Crippen MR) is 130 cm³/mol. The SMILES string of the molecule is CC(C)(C)OC(=O)N1C2CCC1CC(n1ccc3c(Nc4ccc(C#N)cc4Cl)ncnc31)C2. The summed E-state index contributed by atoms with van der Waals surface area (Å²) in [6.07, 6.45) is 7.13. The van der Waals surface area contributed by atoms with Crippen LogP contribution in [-0.2, 0) is 4.74 Å². The molecule has 2 saturated heterocycles. The van der Waals surface area contributed by atoms with Crippen molar-refractivity contribution in [2.45, 2.75) is 70.2 Å². The maximum absolute atomic E-state index is 12.8. The van der Waals surface area contributed by atoms with Gasteiger partial charge in [-0.2, -0.15) is 5.26 Å². The Labute approximate surface area is 203 Å². The Hall–Kier alpha value is -3.31. The van der Waals surface area contributed by atoms with Gasteiger partial charge in [0.05, 0.1) is 27.7 Å². The molecule has 5 rings (SSSR count). The van der Waals surface area contributed by atoms with Crippen LogP contribution in [0.15, 0.2) is 36.8 Å². The van der Waals surface area contributed by atoms with Crippen LogP contribution in [0.4, 0.5) is 16.3 Å². The molecule has 0 radical (unpaired) electrons. The van der Waals surface area contributed by atoms with Gasteiger partial charge in [0.2, 0.25) is 0 Å². The van der Waals surface area contributed by atoms with Crippen LogP contribution in [0.3, 0.4) is 0 Å². The molecular formula is C25H27ClN6O2.